The molecule has 6 heterocycles. The van der Waals surface area contributed by atoms with Crippen molar-refractivity contribution in [1.29, 1.82) is 0 Å². The van der Waals surface area contributed by atoms with Gasteiger partial charge in [-0.1, -0.05) is 130 Å². The number of hydrogen-bond donors (Lipinski definition) is 4. The third kappa shape index (κ3) is 33.8. The van der Waals surface area contributed by atoms with Crippen LogP contribution in [-0.4, -0.2) is 101 Å². The molecule has 0 atom stereocenters. The van der Waals surface area contributed by atoms with Gasteiger partial charge in [-0.2, -0.15) is 21.6 Å². The quantitative estimate of drug-likeness (QED) is 0.0488. The normalized spacial score (nSPS) is 10.1. The largest absolute Gasteiger partial charge is 3.00 e. The van der Waals surface area contributed by atoms with Crippen LogP contribution in [0.3, 0.4) is 0 Å². The van der Waals surface area contributed by atoms with E-state index in [-0.39, 0.29) is 46.8 Å². The van der Waals surface area contributed by atoms with Gasteiger partial charge in [0.1, 0.15) is 0 Å². The average molecular weight is 1740 g/mol. The topological polar surface area (TPSA) is 192 Å². The minimum atomic E-state index is -5.84. The number of pyridine rings is 6. The van der Waals surface area contributed by atoms with Crippen LogP contribution < -0.4 is 10.4 Å². The van der Waals surface area contributed by atoms with Crippen molar-refractivity contribution in [3.63, 3.8) is 0 Å². The van der Waals surface area contributed by atoms with Crippen molar-refractivity contribution in [2.75, 3.05) is 20.8 Å². The molecule has 0 aliphatic heterocycles. The molecule has 0 unspecified atom stereocenters. The van der Waals surface area contributed by atoms with E-state index in [4.69, 9.17) is 28.3 Å². The summed E-state index contributed by atoms with van der Waals surface area (Å²) in [5.74, 6) is 0. The van der Waals surface area contributed by atoms with Crippen molar-refractivity contribution < 1.29 is 81.7 Å². The number of aryl methyl sites for hydroxylation is 2. The summed E-state index contributed by atoms with van der Waals surface area (Å²) in [4.78, 5) is 26.1. The molecule has 12 rings (SSSR count). The Hall–Kier alpha value is -8.47. The Balaban J connectivity index is 0.000000572. The van der Waals surface area contributed by atoms with E-state index >= 15 is 0 Å². The van der Waals surface area contributed by atoms with Crippen LogP contribution >= 0.6 is 0 Å². The van der Waals surface area contributed by atoms with E-state index in [1.54, 1.807) is 31.7 Å². The molecule has 0 spiro atoms. The van der Waals surface area contributed by atoms with E-state index in [0.29, 0.717) is 0 Å². The molecule has 0 saturated carbocycles. The number of aliphatic hydroxyl groups excluding tert-OH is 3. The van der Waals surface area contributed by atoms with Gasteiger partial charge in [0.25, 0.3) is 0 Å². The monoisotopic (exact) mass is 1740 g/mol. The van der Waals surface area contributed by atoms with Crippen molar-refractivity contribution in [3.05, 3.63) is 315 Å². The summed E-state index contributed by atoms with van der Waals surface area (Å²) >= 11 is 0. The third-order valence-corrected chi connectivity index (χ3v) is 17.6. The zero-order valence-electron chi connectivity index (χ0n) is 57.2. The van der Waals surface area contributed by atoms with Gasteiger partial charge in [-0.15, -0.1) is 179 Å². The molecule has 6 aromatic carbocycles. The van der Waals surface area contributed by atoms with Crippen LogP contribution in [0.5, 0.6) is 0 Å². The van der Waals surface area contributed by atoms with Gasteiger partial charge in [-0.25, -0.2) is 0 Å². The average Bonchev–Trinajstić information content (AvgIpc) is 0.827. The van der Waals surface area contributed by atoms with Gasteiger partial charge in [0.15, 0.2) is 0 Å². The van der Waals surface area contributed by atoms with Crippen molar-refractivity contribution in [2.45, 2.75) is 65.6 Å². The van der Waals surface area contributed by atoms with Gasteiger partial charge in [0.2, 0.25) is 0 Å². The van der Waals surface area contributed by atoms with Crippen LogP contribution in [0.2, 0.25) is 39.3 Å². The molecule has 1 radical (unpaired) electrons. The number of alkyl halides is 3. The zero-order valence-corrected chi connectivity index (χ0v) is 64.8. The molecule has 12 nitrogen and oxygen atoms in total. The van der Waals surface area contributed by atoms with E-state index in [1.165, 1.54) is 27.1 Å². The zero-order chi connectivity index (χ0) is 71.5. The van der Waals surface area contributed by atoms with E-state index in [2.05, 4.69) is 168 Å². The Morgan fingerprint density at radius 3 is 0.838 bits per heavy atom. The SMILES string of the molecule is CCO.CO.CO.Cc1cc(-c2[c-]cccc2)ncc1[Si](C)(C)C.Cc1cc(-c2ccccc2)ncc1[Si](C)(C)C.O=S(=O)(O)C(F)(F)F.[Ir+3].[Ir].[c-]1ccccc1-c1ccccn1.[c-]1ccccc1-c1ccccn1.[c-]1ccccc1-c1ccccn1.[c-]1ccccc1-c1ccccn1. The number of halogens is 3. The first-order valence-electron chi connectivity index (χ1n) is 30.5. The molecule has 0 bridgehead atoms. The predicted octanol–water partition coefficient (Wildman–Crippen LogP) is 16.8. The Morgan fingerprint density at radius 1 is 0.394 bits per heavy atom. The van der Waals surface area contributed by atoms with Gasteiger partial charge >= 0.3 is 35.7 Å². The minimum absolute atomic E-state index is 0. The van der Waals surface area contributed by atoms with Crippen molar-refractivity contribution in [1.82, 2.24) is 29.9 Å². The molecular weight excluding hydrogens is 1660 g/mol. The first kappa shape index (κ1) is 88.5. The maximum atomic E-state index is 10.7. The Bertz CT molecular complexity index is 3570. The van der Waals surface area contributed by atoms with Crippen LogP contribution in [0.15, 0.2) is 274 Å². The Morgan fingerprint density at radius 2 is 0.626 bits per heavy atom. The number of aliphatic hydroxyl groups is 3. The second-order valence-corrected chi connectivity index (χ2v) is 33.6. The van der Waals surface area contributed by atoms with Crippen LogP contribution in [0.25, 0.3) is 67.5 Å². The number of aromatic nitrogens is 6. The summed E-state index contributed by atoms with van der Waals surface area (Å²) in [5.41, 5.74) is 9.59. The first-order chi connectivity index (χ1) is 46.5. The Labute approximate surface area is 612 Å². The fraction of sp³-hybridized carbons (Fsp3) is 0.165. The molecule has 0 aliphatic rings. The fourth-order valence-electron chi connectivity index (χ4n) is 8.45. The van der Waals surface area contributed by atoms with Crippen molar-refractivity contribution >= 4 is 36.6 Å². The smallest absolute Gasteiger partial charge is 0.400 e. The van der Waals surface area contributed by atoms with Gasteiger partial charge in [-0.3, -0.25) is 9.54 Å². The molecule has 99 heavy (non-hydrogen) atoms. The minimum Gasteiger partial charge on any atom is -0.400 e. The molecule has 12 aromatic rings. The molecule has 0 amide bonds. The summed E-state index contributed by atoms with van der Waals surface area (Å²) < 4.78 is 57.5. The summed E-state index contributed by atoms with van der Waals surface area (Å²) in [6.45, 7) is 20.4. The fourth-order valence-corrected chi connectivity index (χ4v) is 11.9. The standard InChI is InChI=1S/C15H19NSi.C15H18NSi.4C11H8N.C2H6O.CHF3O3S.2CH4O.2Ir/c2*1-12-10-14(13-8-6-5-7-9-13)16-11-15(12)17(2,3)4;4*1-2-6-10(7-3-1)11-8-4-5-9-12-11;1-2-3;2-1(3,4)8(5,6)7;2*1-2;;/h5-11H,1-4H3;5-8,10-11H,1-4H3;4*1-6,8-9H;3H,2H2,1H3;(H,5,6,7);2*2H,1H3;;/q;5*-1;;;;;;+3. The number of hydrogen-bond acceptors (Lipinski definition) is 11. The summed E-state index contributed by atoms with van der Waals surface area (Å²) in [6.07, 6.45) is 11.3. The third-order valence-electron chi connectivity index (χ3n) is 12.8. The van der Waals surface area contributed by atoms with Gasteiger partial charge < -0.3 is 40.2 Å². The van der Waals surface area contributed by atoms with Crippen LogP contribution in [0.1, 0.15) is 18.1 Å². The summed E-state index contributed by atoms with van der Waals surface area (Å²) in [5, 5.41) is 24.5. The number of benzene rings is 6. The van der Waals surface area contributed by atoms with E-state index < -0.39 is 31.8 Å². The van der Waals surface area contributed by atoms with Crippen LogP contribution in [-0.2, 0) is 50.3 Å². The maximum absolute atomic E-state index is 10.7. The number of rotatable bonds is 8. The molecule has 4 N–H and O–H groups in total. The van der Waals surface area contributed by atoms with Crippen LogP contribution in [0, 0.1) is 44.2 Å². The van der Waals surface area contributed by atoms with Gasteiger partial charge in [0, 0.05) is 83.7 Å². The molecule has 20 heteroatoms. The molecule has 0 fully saturated rings. The van der Waals surface area contributed by atoms with Gasteiger partial charge in [0.05, 0.1) is 21.8 Å². The van der Waals surface area contributed by atoms with Crippen LogP contribution in [0.4, 0.5) is 13.2 Å². The van der Waals surface area contributed by atoms with E-state index in [9.17, 15) is 13.2 Å². The van der Waals surface area contributed by atoms with Crippen molar-refractivity contribution in [3.8, 4) is 67.5 Å². The first-order valence-corrected chi connectivity index (χ1v) is 39.0. The van der Waals surface area contributed by atoms with E-state index in [0.717, 1.165) is 76.2 Å². The van der Waals surface area contributed by atoms with E-state index in [1.807, 2.05) is 194 Å². The predicted molar refractivity (Wildman–Crippen MR) is 394 cm³/mol. The van der Waals surface area contributed by atoms with Gasteiger partial charge in [-0.05, 0) is 95.5 Å². The molecule has 0 aliphatic carbocycles. The maximum Gasteiger partial charge on any atom is 3.00 e. The molecular formula is C79H84F3Ir2N6O6SSi2-2. The summed E-state index contributed by atoms with van der Waals surface area (Å²) in [7, 11) is -6.38. The Kier molecular flexibility index (Phi) is 43.2. The second kappa shape index (κ2) is 48.3. The summed E-state index contributed by atoms with van der Waals surface area (Å²) in [6, 6.07) is 93.2. The van der Waals surface area contributed by atoms with Crippen molar-refractivity contribution in [2.24, 2.45) is 0 Å². The molecule has 0 saturated heterocycles. The molecule has 6 aromatic heterocycles. The molecule has 521 valence electrons. The number of nitrogens with zero attached hydrogens (tertiary/aromatic N) is 6. The second-order valence-electron chi connectivity index (χ2n) is 22.1.